The van der Waals surface area contributed by atoms with E-state index in [1.54, 1.807) is 0 Å². The molecule has 96 valence electrons. The molecule has 0 heterocycles. The van der Waals surface area contributed by atoms with Gasteiger partial charge in [0.2, 0.25) is 0 Å². The fourth-order valence-electron chi connectivity index (χ4n) is 0.223. The maximum Gasteiger partial charge on any atom is 0.151 e. The fourth-order valence-corrected chi connectivity index (χ4v) is 0.223. The van der Waals surface area contributed by atoms with Gasteiger partial charge in [-0.05, 0) is 27.7 Å². The van der Waals surface area contributed by atoms with E-state index in [0.29, 0.717) is 0 Å². The van der Waals surface area contributed by atoms with Crippen LogP contribution in [-0.2, 0) is 9.59 Å². The van der Waals surface area contributed by atoms with Crippen LogP contribution in [0.2, 0.25) is 0 Å². The van der Waals surface area contributed by atoms with E-state index in [1.807, 2.05) is 0 Å². The zero-order chi connectivity index (χ0) is 13.6. The molecule has 0 amide bonds. The van der Waals surface area contributed by atoms with E-state index >= 15 is 0 Å². The van der Waals surface area contributed by atoms with Crippen LogP contribution in [0.4, 0.5) is 0 Å². The van der Waals surface area contributed by atoms with Gasteiger partial charge in [-0.25, -0.2) is 0 Å². The van der Waals surface area contributed by atoms with Crippen molar-refractivity contribution in [3.05, 3.63) is 0 Å². The van der Waals surface area contributed by atoms with Crippen molar-refractivity contribution in [1.29, 1.82) is 0 Å². The first-order valence-electron chi connectivity index (χ1n) is 4.83. The summed E-state index contributed by atoms with van der Waals surface area (Å²) in [5.74, 6) is -0.389. The second-order valence-corrected chi connectivity index (χ2v) is 4.26. The fraction of sp³-hybridized carbons (Fsp3) is 0.800. The lowest BCUT2D eigenvalue weighted by Crippen LogP contribution is -2.46. The van der Waals surface area contributed by atoms with Crippen molar-refractivity contribution in [3.8, 4) is 0 Å². The van der Waals surface area contributed by atoms with Crippen LogP contribution in [0.1, 0.15) is 27.7 Å². The van der Waals surface area contributed by atoms with Gasteiger partial charge in [-0.1, -0.05) is 0 Å². The Kier molecular flexibility index (Phi) is 7.35. The molecule has 0 rings (SSSR count). The molecule has 0 aliphatic heterocycles. The largest absolute Gasteiger partial charge is 0.394 e. The summed E-state index contributed by atoms with van der Waals surface area (Å²) in [5.41, 5.74) is 8.44. The second-order valence-electron chi connectivity index (χ2n) is 4.26. The first kappa shape index (κ1) is 17.6. The highest BCUT2D eigenvalue weighted by Gasteiger charge is 2.22. The lowest BCUT2D eigenvalue weighted by Gasteiger charge is -2.16. The molecule has 0 aromatic rings. The van der Waals surface area contributed by atoms with Crippen molar-refractivity contribution in [1.82, 2.24) is 0 Å². The average molecular weight is 234 g/mol. The van der Waals surface area contributed by atoms with E-state index < -0.39 is 11.1 Å². The van der Waals surface area contributed by atoms with E-state index in [9.17, 15) is 9.59 Å². The molecule has 0 aromatic heterocycles. The van der Waals surface area contributed by atoms with Gasteiger partial charge >= 0.3 is 0 Å². The SMILES string of the molecule is CC(=O)[C@@](C)(N)CO.CC(=O)[C@](C)(N)CO. The van der Waals surface area contributed by atoms with E-state index in [4.69, 9.17) is 21.7 Å². The number of hydrogen-bond acceptors (Lipinski definition) is 6. The number of carbonyl (C=O) groups is 2. The number of nitrogens with two attached hydrogens (primary N) is 2. The third kappa shape index (κ3) is 6.62. The third-order valence-electron chi connectivity index (χ3n) is 2.27. The predicted molar refractivity (Wildman–Crippen MR) is 60.7 cm³/mol. The summed E-state index contributed by atoms with van der Waals surface area (Å²) in [4.78, 5) is 20.8. The quantitative estimate of drug-likeness (QED) is 0.472. The Balaban J connectivity index is 0. The van der Waals surface area contributed by atoms with Gasteiger partial charge in [-0.15, -0.1) is 0 Å². The van der Waals surface area contributed by atoms with Gasteiger partial charge < -0.3 is 21.7 Å². The van der Waals surface area contributed by atoms with Crippen molar-refractivity contribution in [2.45, 2.75) is 38.8 Å². The predicted octanol–water partition coefficient (Wildman–Crippen LogP) is -1.43. The highest BCUT2D eigenvalue weighted by molar-refractivity contribution is 5.85. The normalized spacial score (nSPS) is 17.5. The molecule has 0 radical (unpaired) electrons. The molecule has 0 saturated heterocycles. The molecule has 0 aliphatic carbocycles. The van der Waals surface area contributed by atoms with Gasteiger partial charge in [0.15, 0.2) is 11.6 Å². The Bertz CT molecular complexity index is 223. The van der Waals surface area contributed by atoms with Gasteiger partial charge in [-0.3, -0.25) is 9.59 Å². The Morgan fingerprint density at radius 3 is 1.12 bits per heavy atom. The second kappa shape index (κ2) is 6.70. The maximum absolute atomic E-state index is 10.4. The van der Waals surface area contributed by atoms with Crippen molar-refractivity contribution >= 4 is 11.6 Å². The van der Waals surface area contributed by atoms with E-state index in [-0.39, 0.29) is 24.8 Å². The average Bonchev–Trinajstić information content (AvgIpc) is 2.18. The molecule has 0 bridgehead atoms. The molecule has 6 nitrogen and oxygen atoms in total. The van der Waals surface area contributed by atoms with Crippen LogP contribution in [0.15, 0.2) is 0 Å². The lowest BCUT2D eigenvalue weighted by molar-refractivity contribution is -0.123. The van der Waals surface area contributed by atoms with Crippen molar-refractivity contribution in [3.63, 3.8) is 0 Å². The van der Waals surface area contributed by atoms with Crippen LogP contribution < -0.4 is 11.5 Å². The monoisotopic (exact) mass is 234 g/mol. The molecule has 0 aromatic carbocycles. The van der Waals surface area contributed by atoms with Crippen LogP contribution in [0.25, 0.3) is 0 Å². The minimum absolute atomic E-state index is 0.194. The van der Waals surface area contributed by atoms with Gasteiger partial charge in [0, 0.05) is 0 Å². The van der Waals surface area contributed by atoms with E-state index in [1.165, 1.54) is 27.7 Å². The number of hydrogen-bond donors (Lipinski definition) is 4. The lowest BCUT2D eigenvalue weighted by atomic mass is 10.0. The molecule has 6 N–H and O–H groups in total. The van der Waals surface area contributed by atoms with Crippen LogP contribution in [-0.4, -0.2) is 46.1 Å². The summed E-state index contributed by atoms with van der Waals surface area (Å²) in [5, 5.41) is 16.8. The van der Waals surface area contributed by atoms with Crippen LogP contribution in [0.5, 0.6) is 0 Å². The van der Waals surface area contributed by atoms with Crippen molar-refractivity contribution in [2.24, 2.45) is 11.5 Å². The zero-order valence-corrected chi connectivity index (χ0v) is 10.3. The van der Waals surface area contributed by atoms with Gasteiger partial charge in [0.1, 0.15) is 0 Å². The smallest absolute Gasteiger partial charge is 0.151 e. The first-order valence-corrected chi connectivity index (χ1v) is 4.83. The molecular formula is C10H22N2O4. The van der Waals surface area contributed by atoms with E-state index in [2.05, 4.69) is 0 Å². The maximum atomic E-state index is 10.4. The Morgan fingerprint density at radius 1 is 0.938 bits per heavy atom. The zero-order valence-electron chi connectivity index (χ0n) is 10.3. The number of aliphatic hydroxyl groups excluding tert-OH is 2. The standard InChI is InChI=1S/2C5H11NO2/c2*1-4(8)5(2,6)3-7/h2*7H,3,6H2,1-2H3/t2*5-/m10/s1. The Morgan fingerprint density at radius 2 is 1.12 bits per heavy atom. The summed E-state index contributed by atoms with van der Waals surface area (Å²) in [7, 11) is 0. The summed E-state index contributed by atoms with van der Waals surface area (Å²) < 4.78 is 0. The first-order chi connectivity index (χ1) is 7.01. The molecule has 2 atom stereocenters. The van der Waals surface area contributed by atoms with Gasteiger partial charge in [-0.2, -0.15) is 0 Å². The minimum Gasteiger partial charge on any atom is -0.394 e. The molecule has 0 fully saturated rings. The van der Waals surface area contributed by atoms with Crippen molar-refractivity contribution < 1.29 is 19.8 Å². The van der Waals surface area contributed by atoms with Crippen LogP contribution in [0.3, 0.4) is 0 Å². The molecule has 6 heteroatoms. The van der Waals surface area contributed by atoms with Gasteiger partial charge in [0.25, 0.3) is 0 Å². The number of Topliss-reactive ketones (excluding diaryl/α,β-unsaturated/α-hetero) is 2. The summed E-state index contributed by atoms with van der Waals surface area (Å²) in [6.45, 7) is 5.13. The number of ketones is 2. The van der Waals surface area contributed by atoms with Crippen LogP contribution in [0, 0.1) is 0 Å². The highest BCUT2D eigenvalue weighted by Crippen LogP contribution is 1.97. The number of aliphatic hydroxyl groups is 2. The van der Waals surface area contributed by atoms with Crippen molar-refractivity contribution in [2.75, 3.05) is 13.2 Å². The topological polar surface area (TPSA) is 127 Å². The number of carbonyl (C=O) groups excluding carboxylic acids is 2. The van der Waals surface area contributed by atoms with E-state index in [0.717, 1.165) is 0 Å². The molecule has 0 aliphatic rings. The van der Waals surface area contributed by atoms with Gasteiger partial charge in [0.05, 0.1) is 24.3 Å². The molecule has 16 heavy (non-hydrogen) atoms. The molecule has 0 unspecified atom stereocenters. The summed E-state index contributed by atoms with van der Waals surface area (Å²) in [6.07, 6.45) is 0. The third-order valence-corrected chi connectivity index (χ3v) is 2.27. The molecular weight excluding hydrogens is 212 g/mol. The summed E-state index contributed by atoms with van der Waals surface area (Å²) >= 11 is 0. The van der Waals surface area contributed by atoms with Crippen LogP contribution >= 0.6 is 0 Å². The minimum atomic E-state index is -1.04. The number of rotatable bonds is 4. The summed E-state index contributed by atoms with van der Waals surface area (Å²) in [6, 6.07) is 0. The Hall–Kier alpha value is -0.820. The molecule has 0 saturated carbocycles. The Labute approximate surface area is 95.6 Å². The molecule has 0 spiro atoms. The highest BCUT2D eigenvalue weighted by atomic mass is 16.3.